The van der Waals surface area contributed by atoms with Crippen molar-refractivity contribution in [3.8, 4) is 0 Å². The normalized spacial score (nSPS) is 23.9. The van der Waals surface area contributed by atoms with Crippen LogP contribution < -0.4 is 0 Å². The summed E-state index contributed by atoms with van der Waals surface area (Å²) in [6, 6.07) is -0.151. The maximum Gasteiger partial charge on any atom is 0.407 e. The van der Waals surface area contributed by atoms with Crippen molar-refractivity contribution in [2.24, 2.45) is 5.41 Å². The van der Waals surface area contributed by atoms with Crippen LogP contribution in [0.25, 0.3) is 0 Å². The Labute approximate surface area is 114 Å². The van der Waals surface area contributed by atoms with E-state index in [-0.39, 0.29) is 17.6 Å². The number of carbonyl (C=O) groups is 2. The summed E-state index contributed by atoms with van der Waals surface area (Å²) in [5, 5.41) is 9.23. The number of piperidine rings is 1. The second kappa shape index (κ2) is 5.63. The van der Waals surface area contributed by atoms with Crippen LogP contribution in [0.5, 0.6) is 0 Å². The number of ether oxygens (including phenoxy) is 1. The lowest BCUT2D eigenvalue weighted by Crippen LogP contribution is -2.53. The van der Waals surface area contributed by atoms with Crippen LogP contribution >= 0.6 is 0 Å². The molecule has 5 heteroatoms. The molecule has 5 nitrogen and oxygen atoms in total. The van der Waals surface area contributed by atoms with Gasteiger partial charge in [0, 0.05) is 31.0 Å². The number of carboxylic acid groups (broad SMARTS) is 1. The van der Waals surface area contributed by atoms with Crippen molar-refractivity contribution in [1.82, 2.24) is 4.90 Å². The Morgan fingerprint density at radius 1 is 1.37 bits per heavy atom. The molecule has 2 unspecified atom stereocenters. The fourth-order valence-electron chi connectivity index (χ4n) is 2.34. The lowest BCUT2D eigenvalue weighted by atomic mass is 9.80. The van der Waals surface area contributed by atoms with E-state index in [0.29, 0.717) is 25.0 Å². The minimum absolute atomic E-state index is 0.151. The number of rotatable bonds is 2. The van der Waals surface area contributed by atoms with Crippen molar-refractivity contribution in [3.63, 3.8) is 0 Å². The first-order chi connectivity index (χ1) is 8.62. The van der Waals surface area contributed by atoms with E-state index in [1.807, 2.05) is 20.8 Å². The average Bonchev–Trinajstić information content (AvgIpc) is 2.27. The van der Waals surface area contributed by atoms with Crippen LogP contribution in [0.1, 0.15) is 40.5 Å². The predicted molar refractivity (Wildman–Crippen MR) is 71.9 cm³/mol. The first-order valence-electron chi connectivity index (χ1n) is 6.49. The van der Waals surface area contributed by atoms with Gasteiger partial charge in [0.1, 0.15) is 6.10 Å². The van der Waals surface area contributed by atoms with Crippen LogP contribution in [-0.4, -0.2) is 40.8 Å². The van der Waals surface area contributed by atoms with E-state index in [4.69, 9.17) is 4.74 Å². The van der Waals surface area contributed by atoms with Crippen LogP contribution in [0.4, 0.5) is 4.79 Å². The van der Waals surface area contributed by atoms with Crippen molar-refractivity contribution >= 4 is 12.1 Å². The molecule has 1 heterocycles. The average molecular weight is 269 g/mol. The summed E-state index contributed by atoms with van der Waals surface area (Å²) >= 11 is 0. The van der Waals surface area contributed by atoms with Crippen molar-refractivity contribution < 1.29 is 19.4 Å². The molecule has 1 aliphatic rings. The molecule has 1 fully saturated rings. The highest BCUT2D eigenvalue weighted by Gasteiger charge is 2.39. The van der Waals surface area contributed by atoms with Gasteiger partial charge in [-0.25, -0.2) is 9.59 Å². The van der Waals surface area contributed by atoms with Crippen molar-refractivity contribution in [2.75, 3.05) is 6.54 Å². The number of carbonyl (C=O) groups excluding carboxylic acids is 1. The molecule has 0 radical (unpaired) electrons. The second-order valence-electron chi connectivity index (χ2n) is 6.19. The van der Waals surface area contributed by atoms with Gasteiger partial charge in [0.15, 0.2) is 0 Å². The SMILES string of the molecule is C=C(C)C(=O)OC1CCN(C(=O)O)C(C(C)(C)C)C1. The van der Waals surface area contributed by atoms with Crippen molar-refractivity contribution in [3.05, 3.63) is 12.2 Å². The third-order valence-electron chi connectivity index (χ3n) is 3.42. The molecule has 0 aliphatic carbocycles. The van der Waals surface area contributed by atoms with Crippen LogP contribution in [0.15, 0.2) is 12.2 Å². The molecule has 0 spiro atoms. The van der Waals surface area contributed by atoms with Gasteiger partial charge >= 0.3 is 12.1 Å². The molecule has 108 valence electrons. The monoisotopic (exact) mass is 269 g/mol. The number of hydrogen-bond donors (Lipinski definition) is 1. The molecule has 0 aromatic heterocycles. The standard InChI is InChI=1S/C14H23NO4/c1-9(2)12(16)19-10-6-7-15(13(17)18)11(8-10)14(3,4)5/h10-11H,1,6-8H2,2-5H3,(H,17,18). The summed E-state index contributed by atoms with van der Waals surface area (Å²) in [5.74, 6) is -0.401. The molecule has 0 aromatic carbocycles. The predicted octanol–water partition coefficient (Wildman–Crippen LogP) is 2.66. The van der Waals surface area contributed by atoms with Gasteiger partial charge in [-0.15, -0.1) is 0 Å². The van der Waals surface area contributed by atoms with Gasteiger partial charge in [-0.2, -0.15) is 0 Å². The minimum atomic E-state index is -0.912. The smallest absolute Gasteiger partial charge is 0.407 e. The zero-order chi connectivity index (χ0) is 14.8. The first kappa shape index (κ1) is 15.5. The molecule has 1 amide bonds. The summed E-state index contributed by atoms with van der Waals surface area (Å²) in [6.07, 6.45) is -0.0687. The van der Waals surface area contributed by atoms with E-state index < -0.39 is 12.1 Å². The summed E-state index contributed by atoms with van der Waals surface area (Å²) in [4.78, 5) is 24.2. The van der Waals surface area contributed by atoms with Gasteiger partial charge in [-0.05, 0) is 12.3 Å². The van der Waals surface area contributed by atoms with Crippen molar-refractivity contribution in [2.45, 2.75) is 52.7 Å². The summed E-state index contributed by atoms with van der Waals surface area (Å²) in [7, 11) is 0. The highest BCUT2D eigenvalue weighted by atomic mass is 16.5. The fraction of sp³-hybridized carbons (Fsp3) is 0.714. The Bertz CT molecular complexity index is 383. The highest BCUT2D eigenvalue weighted by molar-refractivity contribution is 5.87. The number of esters is 1. The molecule has 1 rings (SSSR count). The van der Waals surface area contributed by atoms with Gasteiger partial charge in [0.25, 0.3) is 0 Å². The van der Waals surface area contributed by atoms with Crippen LogP contribution in [0.3, 0.4) is 0 Å². The van der Waals surface area contributed by atoms with Gasteiger partial charge < -0.3 is 14.7 Å². The van der Waals surface area contributed by atoms with E-state index in [2.05, 4.69) is 6.58 Å². The molecular formula is C14H23NO4. The lowest BCUT2D eigenvalue weighted by molar-refractivity contribution is -0.148. The molecule has 1 aliphatic heterocycles. The van der Waals surface area contributed by atoms with E-state index in [1.54, 1.807) is 6.92 Å². The molecule has 1 N–H and O–H groups in total. The Kier molecular flexibility index (Phi) is 4.61. The summed E-state index contributed by atoms with van der Waals surface area (Å²) < 4.78 is 5.35. The van der Waals surface area contributed by atoms with Gasteiger partial charge in [0.2, 0.25) is 0 Å². The maximum atomic E-state index is 11.5. The third-order valence-corrected chi connectivity index (χ3v) is 3.42. The maximum absolute atomic E-state index is 11.5. The topological polar surface area (TPSA) is 66.8 Å². The minimum Gasteiger partial charge on any atom is -0.465 e. The van der Waals surface area contributed by atoms with Crippen LogP contribution in [0.2, 0.25) is 0 Å². The molecule has 2 atom stereocenters. The van der Waals surface area contributed by atoms with E-state index in [0.717, 1.165) is 0 Å². The number of amides is 1. The number of nitrogens with zero attached hydrogens (tertiary/aromatic N) is 1. The number of hydrogen-bond acceptors (Lipinski definition) is 3. The molecule has 0 bridgehead atoms. The summed E-state index contributed by atoms with van der Waals surface area (Å²) in [6.45, 7) is 11.5. The van der Waals surface area contributed by atoms with Gasteiger partial charge in [0.05, 0.1) is 0 Å². The molecule has 0 saturated carbocycles. The second-order valence-corrected chi connectivity index (χ2v) is 6.19. The molecular weight excluding hydrogens is 246 g/mol. The van der Waals surface area contributed by atoms with Crippen LogP contribution in [-0.2, 0) is 9.53 Å². The molecule has 1 saturated heterocycles. The number of likely N-dealkylation sites (tertiary alicyclic amines) is 1. The van der Waals surface area contributed by atoms with Crippen molar-refractivity contribution in [1.29, 1.82) is 0 Å². The zero-order valence-corrected chi connectivity index (χ0v) is 12.1. The Morgan fingerprint density at radius 3 is 2.37 bits per heavy atom. The van der Waals surface area contributed by atoms with Gasteiger partial charge in [-0.1, -0.05) is 27.4 Å². The Morgan fingerprint density at radius 2 is 1.95 bits per heavy atom. The van der Waals surface area contributed by atoms with Gasteiger partial charge in [-0.3, -0.25) is 0 Å². The van der Waals surface area contributed by atoms with E-state index >= 15 is 0 Å². The Hall–Kier alpha value is -1.52. The quantitative estimate of drug-likeness (QED) is 0.618. The molecule has 0 aromatic rings. The largest absolute Gasteiger partial charge is 0.465 e. The molecule has 19 heavy (non-hydrogen) atoms. The fourth-order valence-corrected chi connectivity index (χ4v) is 2.34. The zero-order valence-electron chi connectivity index (χ0n) is 12.1. The first-order valence-corrected chi connectivity index (χ1v) is 6.49. The Balaban J connectivity index is 2.77. The lowest BCUT2D eigenvalue weighted by Gasteiger charge is -2.44. The summed E-state index contributed by atoms with van der Waals surface area (Å²) in [5.41, 5.74) is 0.181. The van der Waals surface area contributed by atoms with E-state index in [9.17, 15) is 14.7 Å². The van der Waals surface area contributed by atoms with Crippen LogP contribution in [0, 0.1) is 5.41 Å². The third kappa shape index (κ3) is 3.98. The highest BCUT2D eigenvalue weighted by Crippen LogP contribution is 2.33. The van der Waals surface area contributed by atoms with E-state index in [1.165, 1.54) is 4.90 Å².